The molecule has 0 saturated carbocycles. The molecule has 1 aromatic rings. The van der Waals surface area contributed by atoms with Crippen molar-refractivity contribution in [3.05, 3.63) is 35.4 Å². The minimum atomic E-state index is -0.798. The molecule has 0 radical (unpaired) electrons. The second-order valence-electron chi connectivity index (χ2n) is 7.83. The van der Waals surface area contributed by atoms with Gasteiger partial charge in [0.1, 0.15) is 11.1 Å². The third-order valence-corrected chi connectivity index (χ3v) is 5.63. The Hall–Kier alpha value is -1.92. The lowest BCUT2D eigenvalue weighted by Gasteiger charge is -2.40. The number of nitrogens with one attached hydrogen (secondary N) is 1. The summed E-state index contributed by atoms with van der Waals surface area (Å²) in [5, 5.41) is 2.74. The summed E-state index contributed by atoms with van der Waals surface area (Å²) in [4.78, 5) is 28.0. The molecule has 134 valence electrons. The molecule has 3 amide bonds. The molecule has 3 heterocycles. The Morgan fingerprint density at radius 3 is 2.76 bits per heavy atom. The molecule has 25 heavy (non-hydrogen) atoms. The number of carbonyl (C=O) groups is 2. The molecule has 1 N–H and O–H groups in total. The normalized spacial score (nSPS) is 28.5. The van der Waals surface area contributed by atoms with Crippen molar-refractivity contribution in [3.63, 3.8) is 0 Å². The highest BCUT2D eigenvalue weighted by Gasteiger charge is 2.45. The fourth-order valence-corrected chi connectivity index (χ4v) is 4.28. The van der Waals surface area contributed by atoms with Crippen LogP contribution in [-0.2, 0) is 21.7 Å². The van der Waals surface area contributed by atoms with Gasteiger partial charge in [-0.15, -0.1) is 0 Å². The first-order valence-electron chi connectivity index (χ1n) is 9.00. The number of amides is 3. The molecule has 3 aliphatic heterocycles. The number of piperidine rings is 1. The molecule has 1 aromatic carbocycles. The number of benzene rings is 1. The number of imide groups is 1. The first-order chi connectivity index (χ1) is 11.9. The molecule has 3 aliphatic rings. The molecule has 1 atom stereocenters. The maximum absolute atomic E-state index is 12.3. The summed E-state index contributed by atoms with van der Waals surface area (Å²) in [7, 11) is 0. The molecule has 6 heteroatoms. The van der Waals surface area contributed by atoms with Gasteiger partial charge in [-0.2, -0.15) is 0 Å². The predicted octanol–water partition coefficient (Wildman–Crippen LogP) is 1.84. The molecule has 2 fully saturated rings. The summed E-state index contributed by atoms with van der Waals surface area (Å²) >= 11 is 0. The van der Waals surface area contributed by atoms with Crippen LogP contribution < -0.4 is 5.32 Å². The van der Waals surface area contributed by atoms with Crippen LogP contribution in [0.25, 0.3) is 0 Å². The summed E-state index contributed by atoms with van der Waals surface area (Å²) in [6, 6.07) is 8.15. The molecule has 2 saturated heterocycles. The standard InChI is InChI=1S/C19H25N3O3/c1-18(2)16(23)22(17(24)20-18)11-10-21-9-5-8-19(13-21)15-7-4-3-6-14(15)12-25-19/h3-4,6-7H,5,8-13H2,1-2H3,(H,20,24). The molecule has 6 nitrogen and oxygen atoms in total. The van der Waals surface area contributed by atoms with Gasteiger partial charge in [0.05, 0.1) is 6.61 Å². The van der Waals surface area contributed by atoms with Crippen LogP contribution in [0.4, 0.5) is 4.79 Å². The fraction of sp³-hybridized carbons (Fsp3) is 0.579. The number of nitrogens with zero attached hydrogens (tertiary/aromatic N) is 2. The van der Waals surface area contributed by atoms with E-state index >= 15 is 0 Å². The molecule has 1 unspecified atom stereocenters. The van der Waals surface area contributed by atoms with E-state index in [4.69, 9.17) is 4.74 Å². The summed E-state index contributed by atoms with van der Waals surface area (Å²) < 4.78 is 6.23. The molecule has 0 bridgehead atoms. The van der Waals surface area contributed by atoms with Gasteiger partial charge in [0.15, 0.2) is 0 Å². The SMILES string of the molecule is CC1(C)NC(=O)N(CCN2CCCC3(C2)OCc2ccccc23)C1=O. The zero-order valence-corrected chi connectivity index (χ0v) is 14.9. The van der Waals surface area contributed by atoms with Crippen LogP contribution in [0.3, 0.4) is 0 Å². The first-order valence-corrected chi connectivity index (χ1v) is 9.00. The summed E-state index contributed by atoms with van der Waals surface area (Å²) in [6.45, 7) is 7.05. The Labute approximate surface area is 148 Å². The highest BCUT2D eigenvalue weighted by atomic mass is 16.5. The Morgan fingerprint density at radius 2 is 2.00 bits per heavy atom. The van der Waals surface area contributed by atoms with Crippen molar-refractivity contribution in [2.45, 2.75) is 44.4 Å². The lowest BCUT2D eigenvalue weighted by atomic mass is 9.85. The van der Waals surface area contributed by atoms with Crippen molar-refractivity contribution in [2.24, 2.45) is 0 Å². The lowest BCUT2D eigenvalue weighted by Crippen LogP contribution is -2.49. The van der Waals surface area contributed by atoms with E-state index in [1.54, 1.807) is 13.8 Å². The van der Waals surface area contributed by atoms with Gasteiger partial charge in [0, 0.05) is 19.6 Å². The van der Waals surface area contributed by atoms with Crippen LogP contribution in [0, 0.1) is 0 Å². The minimum absolute atomic E-state index is 0.147. The second-order valence-corrected chi connectivity index (χ2v) is 7.83. The number of rotatable bonds is 3. The Morgan fingerprint density at radius 1 is 1.20 bits per heavy atom. The van der Waals surface area contributed by atoms with Crippen LogP contribution in [0.2, 0.25) is 0 Å². The maximum Gasteiger partial charge on any atom is 0.325 e. The monoisotopic (exact) mass is 343 g/mol. The van der Waals surface area contributed by atoms with E-state index in [1.807, 2.05) is 0 Å². The number of carbonyl (C=O) groups excluding carboxylic acids is 2. The van der Waals surface area contributed by atoms with Gasteiger partial charge in [-0.05, 0) is 44.4 Å². The van der Waals surface area contributed by atoms with E-state index < -0.39 is 5.54 Å². The topological polar surface area (TPSA) is 61.9 Å². The Bertz CT molecular complexity index is 714. The van der Waals surface area contributed by atoms with Crippen molar-refractivity contribution in [1.29, 1.82) is 0 Å². The van der Waals surface area contributed by atoms with E-state index in [9.17, 15) is 9.59 Å². The van der Waals surface area contributed by atoms with E-state index in [-0.39, 0.29) is 17.5 Å². The first kappa shape index (κ1) is 16.5. The van der Waals surface area contributed by atoms with Crippen molar-refractivity contribution < 1.29 is 14.3 Å². The van der Waals surface area contributed by atoms with Crippen LogP contribution in [-0.4, -0.2) is 53.5 Å². The smallest absolute Gasteiger partial charge is 0.325 e. The van der Waals surface area contributed by atoms with Crippen molar-refractivity contribution in [1.82, 2.24) is 15.1 Å². The number of hydrogen-bond acceptors (Lipinski definition) is 4. The largest absolute Gasteiger partial charge is 0.364 e. The molecular formula is C19H25N3O3. The van der Waals surface area contributed by atoms with Gasteiger partial charge in [0.2, 0.25) is 0 Å². The number of ether oxygens (including phenoxy) is 1. The van der Waals surface area contributed by atoms with Crippen molar-refractivity contribution in [3.8, 4) is 0 Å². The van der Waals surface area contributed by atoms with E-state index in [1.165, 1.54) is 16.0 Å². The second kappa shape index (κ2) is 5.81. The third kappa shape index (κ3) is 2.73. The Balaban J connectivity index is 1.43. The average molecular weight is 343 g/mol. The molecule has 4 rings (SSSR count). The predicted molar refractivity (Wildman–Crippen MR) is 92.9 cm³/mol. The number of likely N-dealkylation sites (tertiary alicyclic amines) is 1. The van der Waals surface area contributed by atoms with Crippen molar-refractivity contribution >= 4 is 11.9 Å². The quantitative estimate of drug-likeness (QED) is 0.851. The van der Waals surface area contributed by atoms with Gasteiger partial charge in [0.25, 0.3) is 5.91 Å². The maximum atomic E-state index is 12.3. The lowest BCUT2D eigenvalue weighted by molar-refractivity contribution is -0.130. The zero-order chi connectivity index (χ0) is 17.7. The number of hydrogen-bond donors (Lipinski definition) is 1. The van der Waals surface area contributed by atoms with E-state index in [0.29, 0.717) is 19.7 Å². The zero-order valence-electron chi connectivity index (χ0n) is 14.9. The highest BCUT2D eigenvalue weighted by molar-refractivity contribution is 6.06. The average Bonchev–Trinajstić information content (AvgIpc) is 3.02. The van der Waals surface area contributed by atoms with E-state index in [2.05, 4.69) is 34.5 Å². The fourth-order valence-electron chi connectivity index (χ4n) is 4.28. The van der Waals surface area contributed by atoms with Crippen molar-refractivity contribution in [2.75, 3.05) is 26.2 Å². The molecular weight excluding hydrogens is 318 g/mol. The van der Waals surface area contributed by atoms with Gasteiger partial charge in [-0.1, -0.05) is 24.3 Å². The third-order valence-electron chi connectivity index (χ3n) is 5.63. The van der Waals surface area contributed by atoms with Crippen LogP contribution in [0.5, 0.6) is 0 Å². The molecule has 1 spiro atoms. The van der Waals surface area contributed by atoms with Crippen LogP contribution in [0.1, 0.15) is 37.8 Å². The Kier molecular flexibility index (Phi) is 3.85. The van der Waals surface area contributed by atoms with Gasteiger partial charge in [-0.25, -0.2) is 4.79 Å². The van der Waals surface area contributed by atoms with E-state index in [0.717, 1.165) is 25.9 Å². The number of urea groups is 1. The van der Waals surface area contributed by atoms with Crippen LogP contribution >= 0.6 is 0 Å². The number of fused-ring (bicyclic) bond motifs is 2. The summed E-state index contributed by atoms with van der Waals surface area (Å²) in [6.07, 6.45) is 2.08. The van der Waals surface area contributed by atoms with Gasteiger partial charge in [-0.3, -0.25) is 14.6 Å². The van der Waals surface area contributed by atoms with Crippen LogP contribution in [0.15, 0.2) is 24.3 Å². The minimum Gasteiger partial charge on any atom is -0.364 e. The summed E-state index contributed by atoms with van der Waals surface area (Å²) in [5.74, 6) is -0.147. The highest BCUT2D eigenvalue weighted by Crippen LogP contribution is 2.42. The molecule has 0 aromatic heterocycles. The molecule has 0 aliphatic carbocycles. The van der Waals surface area contributed by atoms with Gasteiger partial charge < -0.3 is 10.1 Å². The summed E-state index contributed by atoms with van der Waals surface area (Å²) in [5.41, 5.74) is 1.55. The van der Waals surface area contributed by atoms with Gasteiger partial charge >= 0.3 is 6.03 Å².